The number of aliphatic hydroxyl groups is 1. The maximum absolute atomic E-state index is 12.0. The van der Waals surface area contributed by atoms with Crippen molar-refractivity contribution < 1.29 is 24.5 Å². The van der Waals surface area contributed by atoms with E-state index in [1.54, 1.807) is 6.92 Å². The van der Waals surface area contributed by atoms with Gasteiger partial charge in [0.1, 0.15) is 11.1 Å². The van der Waals surface area contributed by atoms with Crippen LogP contribution in [0.2, 0.25) is 0 Å². The van der Waals surface area contributed by atoms with Gasteiger partial charge >= 0.3 is 5.97 Å². The molecule has 2 N–H and O–H groups in total. The monoisotopic (exact) mass is 299 g/mol. The van der Waals surface area contributed by atoms with Gasteiger partial charge in [-0.25, -0.2) is 4.79 Å². The first-order valence-corrected chi connectivity index (χ1v) is 7.60. The summed E-state index contributed by atoms with van der Waals surface area (Å²) in [6, 6.07) is 0. The van der Waals surface area contributed by atoms with E-state index in [4.69, 9.17) is 4.74 Å². The summed E-state index contributed by atoms with van der Waals surface area (Å²) < 4.78 is 5.31. The summed E-state index contributed by atoms with van der Waals surface area (Å²) >= 11 is 1.41. The fourth-order valence-electron chi connectivity index (χ4n) is 3.00. The number of hydrogen-bond acceptors (Lipinski definition) is 5. The highest BCUT2D eigenvalue weighted by atomic mass is 32.2. The Hall–Kier alpha value is -1.05. The number of carbonyl (C=O) groups is 2. The van der Waals surface area contributed by atoms with Crippen LogP contribution >= 0.6 is 11.8 Å². The van der Waals surface area contributed by atoms with Crippen LogP contribution < -0.4 is 0 Å². The molecule has 0 aliphatic carbocycles. The van der Waals surface area contributed by atoms with Gasteiger partial charge in [0, 0.05) is 18.1 Å². The summed E-state index contributed by atoms with van der Waals surface area (Å²) in [7, 11) is 0. The molecule has 6 nitrogen and oxygen atoms in total. The van der Waals surface area contributed by atoms with Gasteiger partial charge in [0.15, 0.2) is 0 Å². The van der Waals surface area contributed by atoms with Crippen LogP contribution in [0.3, 0.4) is 0 Å². The second kappa shape index (κ2) is 5.05. The van der Waals surface area contributed by atoms with Gasteiger partial charge in [-0.15, -0.1) is 11.8 Å². The fourth-order valence-corrected chi connectivity index (χ4v) is 4.73. The number of fused-ring (bicyclic) bond motifs is 1. The van der Waals surface area contributed by atoms with Crippen molar-refractivity contribution in [1.29, 1.82) is 0 Å². The molecule has 0 saturated carbocycles. The summed E-state index contributed by atoms with van der Waals surface area (Å²) in [6.07, 6.45) is 0.814. The predicted octanol–water partition coefficient (Wildman–Crippen LogP) is 0.621. The highest BCUT2D eigenvalue weighted by molar-refractivity contribution is 8.04. The van der Waals surface area contributed by atoms with E-state index < -0.39 is 18.0 Å². The molecular formula is C13H17NO5S. The van der Waals surface area contributed by atoms with Crippen LogP contribution in [0.25, 0.3) is 0 Å². The third-order valence-electron chi connectivity index (χ3n) is 4.07. The van der Waals surface area contributed by atoms with Gasteiger partial charge in [-0.2, -0.15) is 0 Å². The Morgan fingerprint density at radius 3 is 2.90 bits per heavy atom. The topological polar surface area (TPSA) is 87.1 Å². The summed E-state index contributed by atoms with van der Waals surface area (Å²) in [4.78, 5) is 25.5. The van der Waals surface area contributed by atoms with Gasteiger partial charge in [0.2, 0.25) is 5.91 Å². The zero-order valence-electron chi connectivity index (χ0n) is 11.1. The number of thioether (sulfide) groups is 1. The lowest BCUT2D eigenvalue weighted by atomic mass is 9.92. The second-order valence-electron chi connectivity index (χ2n) is 5.49. The second-order valence-corrected chi connectivity index (χ2v) is 6.71. The zero-order valence-corrected chi connectivity index (χ0v) is 11.9. The molecule has 3 rings (SSSR count). The molecule has 1 unspecified atom stereocenters. The zero-order chi connectivity index (χ0) is 14.4. The molecule has 3 aliphatic rings. The number of nitrogens with zero attached hydrogens (tertiary/aromatic N) is 1. The fraction of sp³-hybridized carbons (Fsp3) is 0.692. The van der Waals surface area contributed by atoms with Gasteiger partial charge in [-0.05, 0) is 25.7 Å². The third-order valence-corrected chi connectivity index (χ3v) is 5.46. The number of amides is 1. The number of aliphatic hydroxyl groups excluding tert-OH is 1. The van der Waals surface area contributed by atoms with Crippen LogP contribution in [0.1, 0.15) is 19.8 Å². The Labute approximate surface area is 120 Å². The van der Waals surface area contributed by atoms with Crippen molar-refractivity contribution in [1.82, 2.24) is 4.90 Å². The molecule has 0 bridgehead atoms. The highest BCUT2D eigenvalue weighted by Gasteiger charge is 2.57. The number of β-lactam (4-membered cyclic amide) rings is 1. The van der Waals surface area contributed by atoms with Crippen molar-refractivity contribution in [3.63, 3.8) is 0 Å². The van der Waals surface area contributed by atoms with Crippen LogP contribution in [0.5, 0.6) is 0 Å². The van der Waals surface area contributed by atoms with Gasteiger partial charge in [0.25, 0.3) is 0 Å². The normalized spacial score (nSPS) is 34.2. The highest BCUT2D eigenvalue weighted by Crippen LogP contribution is 2.52. The van der Waals surface area contributed by atoms with Crippen molar-refractivity contribution >= 4 is 23.6 Å². The van der Waals surface area contributed by atoms with E-state index in [1.807, 2.05) is 0 Å². The summed E-state index contributed by atoms with van der Waals surface area (Å²) in [5.74, 6) is -1.52. The van der Waals surface area contributed by atoms with E-state index in [-0.39, 0.29) is 17.0 Å². The average Bonchev–Trinajstić information content (AvgIpc) is 2.95. The van der Waals surface area contributed by atoms with E-state index in [0.717, 1.165) is 11.3 Å². The third kappa shape index (κ3) is 2.04. The van der Waals surface area contributed by atoms with Gasteiger partial charge in [0.05, 0.1) is 12.0 Å². The van der Waals surface area contributed by atoms with E-state index >= 15 is 0 Å². The largest absolute Gasteiger partial charge is 0.477 e. The lowest BCUT2D eigenvalue weighted by molar-refractivity contribution is -0.156. The lowest BCUT2D eigenvalue weighted by Gasteiger charge is -2.43. The molecule has 4 atom stereocenters. The quantitative estimate of drug-likeness (QED) is 0.740. The van der Waals surface area contributed by atoms with Crippen LogP contribution in [0, 0.1) is 11.8 Å². The van der Waals surface area contributed by atoms with Crippen LogP contribution in [-0.4, -0.2) is 51.7 Å². The molecule has 7 heteroatoms. The summed E-state index contributed by atoms with van der Waals surface area (Å²) in [6.45, 7) is 2.94. The first-order valence-electron chi connectivity index (χ1n) is 6.72. The van der Waals surface area contributed by atoms with Gasteiger partial charge < -0.3 is 14.9 Å². The van der Waals surface area contributed by atoms with Crippen LogP contribution in [-0.2, 0) is 14.3 Å². The van der Waals surface area contributed by atoms with Gasteiger partial charge in [-0.3, -0.25) is 9.69 Å². The molecule has 3 heterocycles. The Bertz CT molecular complexity index is 483. The van der Waals surface area contributed by atoms with Crippen LogP contribution in [0.4, 0.5) is 0 Å². The Balaban J connectivity index is 1.81. The molecule has 2 saturated heterocycles. The predicted molar refractivity (Wildman–Crippen MR) is 71.6 cm³/mol. The molecular weight excluding hydrogens is 282 g/mol. The smallest absolute Gasteiger partial charge is 0.353 e. The molecule has 3 aliphatic heterocycles. The minimum atomic E-state index is -1.06. The average molecular weight is 299 g/mol. The van der Waals surface area contributed by atoms with Crippen molar-refractivity contribution in [2.45, 2.75) is 31.2 Å². The van der Waals surface area contributed by atoms with E-state index in [1.165, 1.54) is 16.7 Å². The number of aliphatic carboxylic acids is 1. The minimum Gasteiger partial charge on any atom is -0.477 e. The van der Waals surface area contributed by atoms with Crippen molar-refractivity contribution in [2.75, 3.05) is 13.2 Å². The Kier molecular flexibility index (Phi) is 3.51. The Morgan fingerprint density at radius 2 is 2.35 bits per heavy atom. The van der Waals surface area contributed by atoms with Gasteiger partial charge in [-0.1, -0.05) is 0 Å². The van der Waals surface area contributed by atoms with Crippen molar-refractivity contribution in [2.24, 2.45) is 11.8 Å². The lowest BCUT2D eigenvalue weighted by Crippen LogP contribution is -2.60. The molecule has 0 spiro atoms. The number of carbonyl (C=O) groups excluding carboxylic acids is 1. The molecule has 0 aromatic heterocycles. The SMILES string of the molecule is C[C@@H](O)[C@H]1C(=O)N2C(C(=O)O)=C(CC3CCOC3)S[C@H]12. The summed E-state index contributed by atoms with van der Waals surface area (Å²) in [5.41, 5.74) is 0.105. The number of rotatable bonds is 4. The summed E-state index contributed by atoms with van der Waals surface area (Å²) in [5, 5.41) is 18.7. The number of hydrogen-bond donors (Lipinski definition) is 2. The minimum absolute atomic E-state index is 0.105. The van der Waals surface area contributed by atoms with Crippen LogP contribution in [0.15, 0.2) is 10.6 Å². The Morgan fingerprint density at radius 1 is 1.60 bits per heavy atom. The standard InChI is InChI=1S/C13H17NO5S/c1-6(15)9-11(16)14-10(13(17)18)8(20-12(9)14)4-7-2-3-19-5-7/h6-7,9,12,15H,2-5H2,1H3,(H,17,18)/t6-,7?,9+,12-/m1/s1. The number of ether oxygens (including phenoxy) is 1. The van der Waals surface area contributed by atoms with Crippen molar-refractivity contribution in [3.05, 3.63) is 10.6 Å². The maximum atomic E-state index is 12.0. The van der Waals surface area contributed by atoms with Crippen molar-refractivity contribution in [3.8, 4) is 0 Å². The molecule has 0 aromatic carbocycles. The van der Waals surface area contributed by atoms with E-state index in [0.29, 0.717) is 25.6 Å². The number of carboxylic acid groups (broad SMARTS) is 1. The molecule has 0 aromatic rings. The number of allylic oxidation sites excluding steroid dienone is 1. The van der Waals surface area contributed by atoms with E-state index in [2.05, 4.69) is 0 Å². The maximum Gasteiger partial charge on any atom is 0.353 e. The molecule has 2 fully saturated rings. The van der Waals surface area contributed by atoms with E-state index in [9.17, 15) is 19.8 Å². The molecule has 20 heavy (non-hydrogen) atoms. The molecule has 0 radical (unpaired) electrons. The molecule has 110 valence electrons. The first kappa shape index (κ1) is 13.9. The molecule has 1 amide bonds. The first-order chi connectivity index (χ1) is 9.50. The number of carboxylic acids is 1.